The summed E-state index contributed by atoms with van der Waals surface area (Å²) in [6, 6.07) is 18.5. The van der Waals surface area contributed by atoms with Gasteiger partial charge >= 0.3 is 0 Å². The van der Waals surface area contributed by atoms with Gasteiger partial charge in [0.25, 0.3) is 0 Å². The molecule has 0 aliphatic carbocycles. The van der Waals surface area contributed by atoms with E-state index in [0.29, 0.717) is 0 Å². The second-order valence-electron chi connectivity index (χ2n) is 4.89. The first kappa shape index (κ1) is 11.9. The van der Waals surface area contributed by atoms with E-state index < -0.39 is 0 Å². The standard InChI is InChI=1S/C18H13N3/c1-2-10-20-18(5-1)21-11-8-15-12-14(6-7-17(15)21)16-4-3-9-19-13-16/h1-13H. The third kappa shape index (κ3) is 2.09. The van der Waals surface area contributed by atoms with Crippen molar-refractivity contribution >= 4 is 10.9 Å². The topological polar surface area (TPSA) is 30.7 Å². The quantitative estimate of drug-likeness (QED) is 0.550. The molecule has 0 saturated carbocycles. The molecule has 1 aromatic carbocycles. The highest BCUT2D eigenvalue weighted by molar-refractivity contribution is 5.86. The van der Waals surface area contributed by atoms with Gasteiger partial charge < -0.3 is 4.57 Å². The summed E-state index contributed by atoms with van der Waals surface area (Å²) in [5.74, 6) is 0.932. The van der Waals surface area contributed by atoms with E-state index in [9.17, 15) is 0 Å². The summed E-state index contributed by atoms with van der Waals surface area (Å²) in [6.45, 7) is 0. The van der Waals surface area contributed by atoms with E-state index in [-0.39, 0.29) is 0 Å². The molecule has 0 radical (unpaired) electrons. The molecule has 0 bridgehead atoms. The van der Waals surface area contributed by atoms with E-state index in [1.54, 1.807) is 6.20 Å². The van der Waals surface area contributed by atoms with Crippen LogP contribution in [0.2, 0.25) is 0 Å². The Bertz CT molecular complexity index is 880. The fraction of sp³-hybridized carbons (Fsp3) is 0. The molecule has 0 aliphatic heterocycles. The average Bonchev–Trinajstić information content (AvgIpc) is 2.99. The Morgan fingerprint density at radius 1 is 0.810 bits per heavy atom. The van der Waals surface area contributed by atoms with Crippen LogP contribution < -0.4 is 0 Å². The molecule has 0 unspecified atom stereocenters. The minimum Gasteiger partial charge on any atom is -0.301 e. The molecule has 21 heavy (non-hydrogen) atoms. The van der Waals surface area contributed by atoms with Crippen LogP contribution in [0.5, 0.6) is 0 Å². The highest BCUT2D eigenvalue weighted by atomic mass is 15.0. The lowest BCUT2D eigenvalue weighted by Gasteiger charge is -2.05. The zero-order chi connectivity index (χ0) is 14.1. The predicted molar refractivity (Wildman–Crippen MR) is 84.3 cm³/mol. The number of rotatable bonds is 2. The van der Waals surface area contributed by atoms with Crippen LogP contribution >= 0.6 is 0 Å². The molecule has 3 nitrogen and oxygen atoms in total. The van der Waals surface area contributed by atoms with Gasteiger partial charge in [0.05, 0.1) is 5.52 Å². The lowest BCUT2D eigenvalue weighted by Crippen LogP contribution is -1.94. The number of fused-ring (bicyclic) bond motifs is 1. The molecule has 0 aliphatic rings. The fourth-order valence-electron chi connectivity index (χ4n) is 2.55. The Kier molecular flexibility index (Phi) is 2.75. The lowest BCUT2D eigenvalue weighted by atomic mass is 10.1. The van der Waals surface area contributed by atoms with Crippen molar-refractivity contribution in [2.75, 3.05) is 0 Å². The van der Waals surface area contributed by atoms with Crippen molar-refractivity contribution in [1.29, 1.82) is 0 Å². The maximum atomic E-state index is 4.40. The Hall–Kier alpha value is -2.94. The summed E-state index contributed by atoms with van der Waals surface area (Å²) in [6.07, 6.45) is 7.54. The molecule has 0 amide bonds. The molecule has 4 rings (SSSR count). The van der Waals surface area contributed by atoms with Gasteiger partial charge in [0, 0.05) is 35.7 Å². The average molecular weight is 271 g/mol. The molecular formula is C18H13N3. The third-order valence-electron chi connectivity index (χ3n) is 3.58. The summed E-state index contributed by atoms with van der Waals surface area (Å²) in [4.78, 5) is 8.58. The smallest absolute Gasteiger partial charge is 0.137 e. The van der Waals surface area contributed by atoms with Crippen LogP contribution in [0, 0.1) is 0 Å². The van der Waals surface area contributed by atoms with Crippen LogP contribution in [-0.4, -0.2) is 14.5 Å². The summed E-state index contributed by atoms with van der Waals surface area (Å²) in [5.41, 5.74) is 3.46. The minimum atomic E-state index is 0.932. The largest absolute Gasteiger partial charge is 0.301 e. The van der Waals surface area contributed by atoms with Gasteiger partial charge in [0.1, 0.15) is 5.82 Å². The minimum absolute atomic E-state index is 0.932. The molecule has 0 fully saturated rings. The molecule has 0 saturated heterocycles. The van der Waals surface area contributed by atoms with Crippen LogP contribution in [0.4, 0.5) is 0 Å². The van der Waals surface area contributed by atoms with Gasteiger partial charge in [-0.2, -0.15) is 0 Å². The second-order valence-corrected chi connectivity index (χ2v) is 4.89. The zero-order valence-electron chi connectivity index (χ0n) is 11.3. The van der Waals surface area contributed by atoms with E-state index in [4.69, 9.17) is 0 Å². The molecular weight excluding hydrogens is 258 g/mol. The number of hydrogen-bond donors (Lipinski definition) is 0. The zero-order valence-corrected chi connectivity index (χ0v) is 11.3. The van der Waals surface area contributed by atoms with E-state index in [2.05, 4.69) is 51.1 Å². The number of aromatic nitrogens is 3. The van der Waals surface area contributed by atoms with Crippen molar-refractivity contribution < 1.29 is 0 Å². The van der Waals surface area contributed by atoms with E-state index in [0.717, 1.165) is 16.9 Å². The van der Waals surface area contributed by atoms with Crippen molar-refractivity contribution in [3.8, 4) is 16.9 Å². The van der Waals surface area contributed by atoms with Crippen LogP contribution in [0.25, 0.3) is 27.8 Å². The first-order chi connectivity index (χ1) is 10.4. The van der Waals surface area contributed by atoms with Crippen molar-refractivity contribution in [2.24, 2.45) is 0 Å². The van der Waals surface area contributed by atoms with E-state index in [1.807, 2.05) is 36.7 Å². The summed E-state index contributed by atoms with van der Waals surface area (Å²) in [7, 11) is 0. The predicted octanol–water partition coefficient (Wildman–Crippen LogP) is 4.09. The Morgan fingerprint density at radius 2 is 1.81 bits per heavy atom. The van der Waals surface area contributed by atoms with Gasteiger partial charge in [-0.15, -0.1) is 0 Å². The van der Waals surface area contributed by atoms with Crippen LogP contribution in [-0.2, 0) is 0 Å². The highest BCUT2D eigenvalue weighted by Crippen LogP contribution is 2.25. The molecule has 0 N–H and O–H groups in total. The number of hydrogen-bond acceptors (Lipinski definition) is 2. The van der Waals surface area contributed by atoms with Crippen LogP contribution in [0.1, 0.15) is 0 Å². The highest BCUT2D eigenvalue weighted by Gasteiger charge is 2.05. The molecule has 0 spiro atoms. The summed E-state index contributed by atoms with van der Waals surface area (Å²) >= 11 is 0. The molecule has 3 aromatic heterocycles. The Morgan fingerprint density at radius 3 is 2.62 bits per heavy atom. The Balaban J connectivity index is 1.85. The van der Waals surface area contributed by atoms with Gasteiger partial charge in [-0.1, -0.05) is 18.2 Å². The monoisotopic (exact) mass is 271 g/mol. The van der Waals surface area contributed by atoms with Crippen molar-refractivity contribution in [3.05, 3.63) is 79.4 Å². The number of benzene rings is 1. The van der Waals surface area contributed by atoms with Gasteiger partial charge in [0.2, 0.25) is 0 Å². The Labute approximate surface area is 122 Å². The maximum absolute atomic E-state index is 4.40. The number of nitrogens with zero attached hydrogens (tertiary/aromatic N) is 3. The summed E-state index contributed by atoms with van der Waals surface area (Å²) < 4.78 is 2.10. The molecule has 3 heterocycles. The SMILES string of the molecule is c1ccc(-n2ccc3cc(-c4cccnc4)ccc32)nc1. The lowest BCUT2D eigenvalue weighted by molar-refractivity contribution is 1.04. The second kappa shape index (κ2) is 4.87. The molecule has 0 atom stereocenters. The van der Waals surface area contributed by atoms with E-state index >= 15 is 0 Å². The first-order valence-electron chi connectivity index (χ1n) is 6.85. The first-order valence-corrected chi connectivity index (χ1v) is 6.85. The van der Waals surface area contributed by atoms with Gasteiger partial charge in [-0.05, 0) is 42.0 Å². The maximum Gasteiger partial charge on any atom is 0.137 e. The van der Waals surface area contributed by atoms with Gasteiger partial charge in [-0.25, -0.2) is 4.98 Å². The van der Waals surface area contributed by atoms with E-state index in [1.165, 1.54) is 10.9 Å². The van der Waals surface area contributed by atoms with Crippen LogP contribution in [0.15, 0.2) is 79.4 Å². The van der Waals surface area contributed by atoms with Crippen molar-refractivity contribution in [1.82, 2.24) is 14.5 Å². The molecule has 4 aromatic rings. The fourth-order valence-corrected chi connectivity index (χ4v) is 2.55. The third-order valence-corrected chi connectivity index (χ3v) is 3.58. The van der Waals surface area contributed by atoms with Gasteiger partial charge in [0.15, 0.2) is 0 Å². The van der Waals surface area contributed by atoms with Crippen molar-refractivity contribution in [3.63, 3.8) is 0 Å². The summed E-state index contributed by atoms with van der Waals surface area (Å²) in [5, 5.41) is 1.20. The number of pyridine rings is 2. The molecule has 3 heteroatoms. The van der Waals surface area contributed by atoms with Gasteiger partial charge in [-0.3, -0.25) is 4.98 Å². The normalized spacial score (nSPS) is 10.9. The van der Waals surface area contributed by atoms with Crippen molar-refractivity contribution in [2.45, 2.75) is 0 Å². The molecule has 100 valence electrons. The van der Waals surface area contributed by atoms with Crippen LogP contribution in [0.3, 0.4) is 0 Å².